The van der Waals surface area contributed by atoms with Gasteiger partial charge >= 0.3 is 0 Å². The van der Waals surface area contributed by atoms with Crippen molar-refractivity contribution in [2.75, 3.05) is 17.2 Å². The van der Waals surface area contributed by atoms with E-state index in [0.29, 0.717) is 5.75 Å². The van der Waals surface area contributed by atoms with Crippen molar-refractivity contribution in [3.63, 3.8) is 0 Å². The lowest BCUT2D eigenvalue weighted by Crippen LogP contribution is -2.36. The van der Waals surface area contributed by atoms with Crippen LogP contribution in [-0.2, 0) is 17.0 Å². The van der Waals surface area contributed by atoms with Crippen molar-refractivity contribution in [1.82, 2.24) is 0 Å². The molecule has 0 saturated carbocycles. The Kier molecular flexibility index (Phi) is 4.84. The lowest BCUT2D eigenvalue weighted by molar-refractivity contribution is -0.116. The Balaban J connectivity index is 1.60. The van der Waals surface area contributed by atoms with E-state index in [9.17, 15) is 4.79 Å². The molecular weight excluding hydrogens is 290 g/mol. The van der Waals surface area contributed by atoms with Crippen molar-refractivity contribution in [1.29, 1.82) is 0 Å². The maximum Gasteiger partial charge on any atom is 0.236 e. The summed E-state index contributed by atoms with van der Waals surface area (Å²) in [6, 6.07) is 16.7. The van der Waals surface area contributed by atoms with Gasteiger partial charge in [0.2, 0.25) is 5.91 Å². The Morgan fingerprint density at radius 3 is 2.77 bits per heavy atom. The molecule has 2 aromatic carbocycles. The Hall–Kier alpha value is -1.74. The van der Waals surface area contributed by atoms with E-state index < -0.39 is 0 Å². The molecule has 0 saturated heterocycles. The number of hydrogen-bond acceptors (Lipinski definition) is 2. The first-order chi connectivity index (χ1) is 10.8. The first-order valence-corrected chi connectivity index (χ1v) is 8.91. The number of anilines is 1. The van der Waals surface area contributed by atoms with Crippen molar-refractivity contribution in [3.05, 3.63) is 65.2 Å². The summed E-state index contributed by atoms with van der Waals surface area (Å²) >= 11 is 1.71. The summed E-state index contributed by atoms with van der Waals surface area (Å²) in [5.74, 6) is 1.67. The predicted octanol–water partition coefficient (Wildman–Crippen LogP) is 4.21. The van der Waals surface area contributed by atoms with Gasteiger partial charge in [0.15, 0.2) is 0 Å². The third-order valence-corrected chi connectivity index (χ3v) is 5.12. The van der Waals surface area contributed by atoms with Gasteiger partial charge in [-0.25, -0.2) is 0 Å². The van der Waals surface area contributed by atoms with Gasteiger partial charge in [-0.05, 0) is 42.5 Å². The van der Waals surface area contributed by atoms with Crippen LogP contribution in [0.5, 0.6) is 0 Å². The van der Waals surface area contributed by atoms with Gasteiger partial charge in [-0.3, -0.25) is 4.79 Å². The van der Waals surface area contributed by atoms with Crippen LogP contribution in [0, 0.1) is 6.92 Å². The van der Waals surface area contributed by atoms with E-state index in [4.69, 9.17) is 0 Å². The lowest BCUT2D eigenvalue weighted by Gasteiger charge is -2.29. The van der Waals surface area contributed by atoms with E-state index in [1.54, 1.807) is 11.8 Å². The smallest absolute Gasteiger partial charge is 0.236 e. The van der Waals surface area contributed by atoms with Crippen molar-refractivity contribution < 1.29 is 4.79 Å². The van der Waals surface area contributed by atoms with Gasteiger partial charge in [-0.2, -0.15) is 0 Å². The molecule has 0 N–H and O–H groups in total. The molecule has 0 atom stereocenters. The number of fused-ring (bicyclic) bond motifs is 1. The molecule has 0 unspecified atom stereocenters. The second kappa shape index (κ2) is 7.01. The van der Waals surface area contributed by atoms with E-state index in [1.165, 1.54) is 16.7 Å². The number of benzene rings is 2. The highest BCUT2D eigenvalue weighted by Crippen LogP contribution is 2.27. The van der Waals surface area contributed by atoms with Gasteiger partial charge in [-0.15, -0.1) is 11.8 Å². The molecule has 0 spiro atoms. The Labute approximate surface area is 136 Å². The molecule has 1 aliphatic rings. The van der Waals surface area contributed by atoms with Crippen LogP contribution >= 0.6 is 11.8 Å². The highest BCUT2D eigenvalue weighted by atomic mass is 32.2. The van der Waals surface area contributed by atoms with Crippen LogP contribution < -0.4 is 4.90 Å². The van der Waals surface area contributed by atoms with Crippen LogP contribution in [0.25, 0.3) is 0 Å². The number of carbonyl (C=O) groups excluding carboxylic acids is 1. The Morgan fingerprint density at radius 1 is 1.14 bits per heavy atom. The third kappa shape index (κ3) is 3.36. The van der Waals surface area contributed by atoms with E-state index in [1.807, 2.05) is 11.0 Å². The molecule has 114 valence electrons. The van der Waals surface area contributed by atoms with E-state index >= 15 is 0 Å². The number of amides is 1. The molecule has 3 heteroatoms. The second-order valence-corrected chi connectivity index (χ2v) is 6.68. The molecule has 22 heavy (non-hydrogen) atoms. The molecule has 1 heterocycles. The van der Waals surface area contributed by atoms with E-state index in [-0.39, 0.29) is 5.91 Å². The maximum absolute atomic E-state index is 12.5. The number of hydrogen-bond donors (Lipinski definition) is 0. The molecule has 1 amide bonds. The van der Waals surface area contributed by atoms with Crippen LogP contribution in [0.1, 0.15) is 23.1 Å². The maximum atomic E-state index is 12.5. The summed E-state index contributed by atoms with van der Waals surface area (Å²) in [6.07, 6.45) is 2.14. The zero-order valence-corrected chi connectivity index (χ0v) is 13.7. The molecule has 0 aromatic heterocycles. The number of aryl methyl sites for hydroxylation is 2. The Morgan fingerprint density at radius 2 is 1.91 bits per heavy atom. The highest BCUT2D eigenvalue weighted by molar-refractivity contribution is 7.99. The number of para-hydroxylation sites is 1. The fourth-order valence-corrected chi connectivity index (χ4v) is 3.87. The molecule has 0 bridgehead atoms. The monoisotopic (exact) mass is 311 g/mol. The van der Waals surface area contributed by atoms with Gasteiger partial charge in [0, 0.05) is 18.0 Å². The minimum absolute atomic E-state index is 0.228. The summed E-state index contributed by atoms with van der Waals surface area (Å²) in [4.78, 5) is 14.5. The summed E-state index contributed by atoms with van der Waals surface area (Å²) in [5.41, 5.74) is 5.02. The fourth-order valence-electron chi connectivity index (χ4n) is 2.89. The standard InChI is InChI=1S/C19H21NOS/c1-15-7-2-3-9-17(15)13-22-14-19(21)20-12-6-10-16-8-4-5-11-18(16)20/h2-5,7-9,11H,6,10,12-14H2,1H3. The molecule has 2 nitrogen and oxygen atoms in total. The molecular formula is C19H21NOS. The normalized spacial score (nSPS) is 13.8. The van der Waals surface area contributed by atoms with Gasteiger partial charge in [0.05, 0.1) is 5.75 Å². The van der Waals surface area contributed by atoms with Gasteiger partial charge in [0.1, 0.15) is 0 Å². The van der Waals surface area contributed by atoms with Crippen LogP contribution in [0.2, 0.25) is 0 Å². The van der Waals surface area contributed by atoms with E-state index in [0.717, 1.165) is 30.8 Å². The molecule has 0 fully saturated rings. The first kappa shape index (κ1) is 15.2. The van der Waals surface area contributed by atoms with Crippen LogP contribution in [0.4, 0.5) is 5.69 Å². The molecule has 0 radical (unpaired) electrons. The highest BCUT2D eigenvalue weighted by Gasteiger charge is 2.21. The van der Waals surface area contributed by atoms with Crippen LogP contribution in [0.15, 0.2) is 48.5 Å². The molecule has 2 aromatic rings. The SMILES string of the molecule is Cc1ccccc1CSCC(=O)N1CCCc2ccccc21. The average Bonchev–Trinajstić information content (AvgIpc) is 2.56. The minimum Gasteiger partial charge on any atom is -0.311 e. The topological polar surface area (TPSA) is 20.3 Å². The zero-order chi connectivity index (χ0) is 15.4. The number of rotatable bonds is 4. The van der Waals surface area contributed by atoms with Gasteiger partial charge in [-0.1, -0.05) is 42.5 Å². The summed E-state index contributed by atoms with van der Waals surface area (Å²) in [5, 5.41) is 0. The second-order valence-electron chi connectivity index (χ2n) is 5.70. The predicted molar refractivity (Wildman–Crippen MR) is 94.5 cm³/mol. The third-order valence-electron chi connectivity index (χ3n) is 4.16. The summed E-state index contributed by atoms with van der Waals surface area (Å²) < 4.78 is 0. The molecule has 1 aliphatic heterocycles. The van der Waals surface area contributed by atoms with Crippen LogP contribution in [-0.4, -0.2) is 18.2 Å². The average molecular weight is 311 g/mol. The lowest BCUT2D eigenvalue weighted by atomic mass is 10.0. The summed E-state index contributed by atoms with van der Waals surface area (Å²) in [7, 11) is 0. The van der Waals surface area contributed by atoms with Crippen molar-refractivity contribution >= 4 is 23.4 Å². The quantitative estimate of drug-likeness (QED) is 0.843. The largest absolute Gasteiger partial charge is 0.311 e. The zero-order valence-electron chi connectivity index (χ0n) is 12.9. The van der Waals surface area contributed by atoms with Gasteiger partial charge in [0.25, 0.3) is 0 Å². The Bertz CT molecular complexity index is 668. The fraction of sp³-hybridized carbons (Fsp3) is 0.316. The summed E-state index contributed by atoms with van der Waals surface area (Å²) in [6.45, 7) is 2.97. The minimum atomic E-state index is 0.228. The number of thioether (sulfide) groups is 1. The van der Waals surface area contributed by atoms with Crippen molar-refractivity contribution in [2.45, 2.75) is 25.5 Å². The van der Waals surface area contributed by atoms with Gasteiger partial charge < -0.3 is 4.90 Å². The molecule has 0 aliphatic carbocycles. The first-order valence-electron chi connectivity index (χ1n) is 7.76. The van der Waals surface area contributed by atoms with Crippen molar-refractivity contribution in [3.8, 4) is 0 Å². The number of nitrogens with zero attached hydrogens (tertiary/aromatic N) is 1. The number of carbonyl (C=O) groups is 1. The van der Waals surface area contributed by atoms with Crippen molar-refractivity contribution in [2.24, 2.45) is 0 Å². The van der Waals surface area contributed by atoms with Crippen LogP contribution in [0.3, 0.4) is 0 Å². The van der Waals surface area contributed by atoms with E-state index in [2.05, 4.69) is 49.4 Å². The molecule has 3 rings (SSSR count).